The van der Waals surface area contributed by atoms with Crippen LogP contribution >= 0.6 is 11.3 Å². The first-order valence-electron chi connectivity index (χ1n) is 7.61. The Morgan fingerprint density at radius 2 is 2.12 bits per heavy atom. The van der Waals surface area contributed by atoms with Crippen LogP contribution in [-0.4, -0.2) is 29.1 Å². The van der Waals surface area contributed by atoms with E-state index in [0.717, 1.165) is 0 Å². The molecule has 8 heteroatoms. The summed E-state index contributed by atoms with van der Waals surface area (Å²) in [6.45, 7) is 6.56. The van der Waals surface area contributed by atoms with Gasteiger partial charge in [0.2, 0.25) is 5.79 Å². The number of ether oxygens (including phenoxy) is 2. The monoisotopic (exact) mass is 349 g/mol. The minimum atomic E-state index is -0.873. The van der Waals surface area contributed by atoms with Crippen molar-refractivity contribution in [1.82, 2.24) is 15.3 Å². The Balaban J connectivity index is 1.69. The van der Waals surface area contributed by atoms with E-state index in [2.05, 4.69) is 15.3 Å². The number of nitrogens with one attached hydrogen (secondary N) is 2. The van der Waals surface area contributed by atoms with Gasteiger partial charge in [0.1, 0.15) is 4.88 Å². The number of hydrogen-bond acceptors (Lipinski definition) is 6. The van der Waals surface area contributed by atoms with Crippen molar-refractivity contribution in [2.75, 3.05) is 13.2 Å². The zero-order valence-electron chi connectivity index (χ0n) is 13.8. The van der Waals surface area contributed by atoms with Crippen molar-refractivity contribution in [2.45, 2.75) is 33.1 Å². The van der Waals surface area contributed by atoms with Crippen molar-refractivity contribution in [1.29, 1.82) is 0 Å². The second kappa shape index (κ2) is 6.46. The van der Waals surface area contributed by atoms with Crippen molar-refractivity contribution in [3.8, 4) is 0 Å². The fourth-order valence-electron chi connectivity index (χ4n) is 2.47. The Hall–Kier alpha value is -2.03. The summed E-state index contributed by atoms with van der Waals surface area (Å²) in [5, 5.41) is 3.41. The zero-order valence-corrected chi connectivity index (χ0v) is 14.6. The molecule has 1 saturated heterocycles. The number of carbonyl (C=O) groups is 1. The van der Waals surface area contributed by atoms with Crippen LogP contribution in [0.1, 0.15) is 38.4 Å². The molecule has 1 amide bonds. The van der Waals surface area contributed by atoms with Gasteiger partial charge in [-0.2, -0.15) is 0 Å². The summed E-state index contributed by atoms with van der Waals surface area (Å²) in [6.07, 6.45) is 3.16. The van der Waals surface area contributed by atoms with Gasteiger partial charge in [0.15, 0.2) is 10.4 Å². The van der Waals surface area contributed by atoms with Crippen LogP contribution in [0, 0.1) is 13.8 Å². The standard InChI is InChI=1S/C16H19N3O4S/c1-9-6-17-11(10(2)13(9)20)7-18-14(21)12-8-19-15(24-12)16(3)22-4-5-23-16/h6,8H,4-5,7H2,1-3H3,(H,17,20)(H,18,21). The number of aromatic amines is 1. The van der Waals surface area contributed by atoms with Crippen LogP contribution in [0.15, 0.2) is 17.2 Å². The normalized spacial score (nSPS) is 16.3. The molecule has 2 aromatic heterocycles. The van der Waals surface area contributed by atoms with Crippen LogP contribution in [-0.2, 0) is 21.8 Å². The molecule has 7 nitrogen and oxygen atoms in total. The SMILES string of the molecule is Cc1c[nH]c(CNC(=O)c2cnc(C3(C)OCCO3)s2)c(C)c1=O. The summed E-state index contributed by atoms with van der Waals surface area (Å²) >= 11 is 1.24. The lowest BCUT2D eigenvalue weighted by Gasteiger charge is -2.18. The van der Waals surface area contributed by atoms with Crippen molar-refractivity contribution in [2.24, 2.45) is 0 Å². The molecule has 1 aliphatic heterocycles. The Morgan fingerprint density at radius 1 is 1.42 bits per heavy atom. The lowest BCUT2D eigenvalue weighted by atomic mass is 10.1. The fraction of sp³-hybridized carbons (Fsp3) is 0.438. The van der Waals surface area contributed by atoms with E-state index >= 15 is 0 Å². The number of aryl methyl sites for hydroxylation is 1. The van der Waals surface area contributed by atoms with Gasteiger partial charge in [-0.1, -0.05) is 0 Å². The van der Waals surface area contributed by atoms with E-state index in [9.17, 15) is 9.59 Å². The van der Waals surface area contributed by atoms with Crippen LogP contribution in [0.5, 0.6) is 0 Å². The van der Waals surface area contributed by atoms with Gasteiger partial charge in [-0.3, -0.25) is 9.59 Å². The molecule has 0 saturated carbocycles. The quantitative estimate of drug-likeness (QED) is 0.874. The molecule has 3 rings (SSSR count). The maximum Gasteiger partial charge on any atom is 0.263 e. The highest BCUT2D eigenvalue weighted by Crippen LogP contribution is 2.33. The molecule has 2 N–H and O–H groups in total. The number of amides is 1. The first-order valence-corrected chi connectivity index (χ1v) is 8.42. The Bertz CT molecular complexity index is 821. The number of nitrogens with zero attached hydrogens (tertiary/aromatic N) is 1. The van der Waals surface area contributed by atoms with E-state index in [0.29, 0.717) is 39.9 Å². The predicted octanol–water partition coefficient (Wildman–Crippen LogP) is 1.60. The predicted molar refractivity (Wildman–Crippen MR) is 89.1 cm³/mol. The second-order valence-corrected chi connectivity index (χ2v) is 6.79. The average Bonchev–Trinajstić information content (AvgIpc) is 3.22. The molecule has 0 atom stereocenters. The number of thiazole rings is 1. The van der Waals surface area contributed by atoms with E-state index in [1.54, 1.807) is 27.0 Å². The molecule has 0 aromatic carbocycles. The van der Waals surface area contributed by atoms with E-state index in [4.69, 9.17) is 9.47 Å². The maximum atomic E-state index is 12.3. The molecular weight excluding hydrogens is 330 g/mol. The van der Waals surface area contributed by atoms with Gasteiger partial charge >= 0.3 is 0 Å². The summed E-state index contributed by atoms with van der Waals surface area (Å²) in [5.41, 5.74) is 1.94. The molecule has 1 aliphatic rings. The van der Waals surface area contributed by atoms with Gasteiger partial charge in [0.05, 0.1) is 26.0 Å². The molecule has 3 heterocycles. The summed E-state index contributed by atoms with van der Waals surface area (Å²) in [4.78, 5) is 32.0. The number of rotatable bonds is 4. The highest BCUT2D eigenvalue weighted by atomic mass is 32.1. The Kier molecular flexibility index (Phi) is 4.53. The minimum Gasteiger partial charge on any atom is -0.363 e. The Labute approximate surface area is 143 Å². The summed E-state index contributed by atoms with van der Waals surface area (Å²) < 4.78 is 11.1. The molecule has 0 aliphatic carbocycles. The van der Waals surface area contributed by atoms with Gasteiger partial charge in [0.25, 0.3) is 5.91 Å². The molecule has 2 aromatic rings. The van der Waals surface area contributed by atoms with Crippen LogP contribution in [0.3, 0.4) is 0 Å². The topological polar surface area (TPSA) is 93.3 Å². The summed E-state index contributed by atoms with van der Waals surface area (Å²) in [7, 11) is 0. The van der Waals surface area contributed by atoms with E-state index in [1.807, 2.05) is 0 Å². The highest BCUT2D eigenvalue weighted by Gasteiger charge is 2.36. The third-order valence-corrected chi connectivity index (χ3v) is 5.18. The minimum absolute atomic E-state index is 0.0125. The average molecular weight is 349 g/mol. The van der Waals surface area contributed by atoms with Crippen molar-refractivity contribution in [3.05, 3.63) is 49.3 Å². The second-order valence-electron chi connectivity index (χ2n) is 5.76. The maximum absolute atomic E-state index is 12.3. The van der Waals surface area contributed by atoms with Gasteiger partial charge in [-0.05, 0) is 20.8 Å². The van der Waals surface area contributed by atoms with Crippen molar-refractivity contribution in [3.63, 3.8) is 0 Å². The van der Waals surface area contributed by atoms with Crippen LogP contribution in [0.25, 0.3) is 0 Å². The molecule has 0 bridgehead atoms. The van der Waals surface area contributed by atoms with E-state index in [1.165, 1.54) is 17.5 Å². The molecule has 0 unspecified atom stereocenters. The highest BCUT2D eigenvalue weighted by molar-refractivity contribution is 7.13. The van der Waals surface area contributed by atoms with Crippen molar-refractivity contribution < 1.29 is 14.3 Å². The van der Waals surface area contributed by atoms with Crippen LogP contribution < -0.4 is 10.7 Å². The molecule has 0 radical (unpaired) electrons. The number of H-pyrrole nitrogens is 1. The lowest BCUT2D eigenvalue weighted by molar-refractivity contribution is -0.149. The smallest absolute Gasteiger partial charge is 0.263 e. The van der Waals surface area contributed by atoms with E-state index < -0.39 is 5.79 Å². The lowest BCUT2D eigenvalue weighted by Crippen LogP contribution is -2.25. The third kappa shape index (κ3) is 3.12. The van der Waals surface area contributed by atoms with Gasteiger partial charge in [-0.15, -0.1) is 11.3 Å². The molecule has 0 spiro atoms. The van der Waals surface area contributed by atoms with E-state index in [-0.39, 0.29) is 17.9 Å². The number of pyridine rings is 1. The molecule has 24 heavy (non-hydrogen) atoms. The fourth-order valence-corrected chi connectivity index (χ4v) is 3.36. The van der Waals surface area contributed by atoms with Gasteiger partial charge in [-0.25, -0.2) is 4.98 Å². The largest absolute Gasteiger partial charge is 0.363 e. The number of carbonyl (C=O) groups excluding carboxylic acids is 1. The first kappa shape index (κ1) is 16.8. The summed E-state index contributed by atoms with van der Waals surface area (Å²) in [6, 6.07) is 0. The van der Waals surface area contributed by atoms with Crippen LogP contribution in [0.2, 0.25) is 0 Å². The number of aromatic nitrogens is 2. The number of hydrogen-bond donors (Lipinski definition) is 2. The molecular formula is C16H19N3O4S. The summed E-state index contributed by atoms with van der Waals surface area (Å²) in [5.74, 6) is -1.12. The van der Waals surface area contributed by atoms with Gasteiger partial charge < -0.3 is 19.8 Å². The third-order valence-electron chi connectivity index (χ3n) is 4.00. The van der Waals surface area contributed by atoms with Crippen molar-refractivity contribution >= 4 is 17.2 Å². The van der Waals surface area contributed by atoms with Crippen LogP contribution in [0.4, 0.5) is 0 Å². The zero-order chi connectivity index (χ0) is 17.3. The molecule has 1 fully saturated rings. The van der Waals surface area contributed by atoms with Gasteiger partial charge in [0, 0.05) is 23.0 Å². The Morgan fingerprint density at radius 3 is 2.83 bits per heavy atom. The first-order chi connectivity index (χ1) is 11.4. The molecule has 128 valence electrons.